The average molecular weight is 703 g/mol. The SMILES string of the molecule is C=CCN(C(=O)[C@H]1[C@H]2C(=O)N([C@@H](CO)[C@@H](C)CC)C(C(=O)N(CC=C)C(C)(C)CC(C)(C)C)C23CC(Br)[C@@H]1S3)c1ccccc1. The summed E-state index contributed by atoms with van der Waals surface area (Å²) in [4.78, 5) is 50.0. The Hall–Kier alpha value is -2.10. The Labute approximate surface area is 283 Å². The highest BCUT2D eigenvalue weighted by atomic mass is 79.9. The number of carbonyl (C=O) groups is 3. The summed E-state index contributed by atoms with van der Waals surface area (Å²) in [6.07, 6.45) is 5.53. The van der Waals surface area contributed by atoms with Crippen molar-refractivity contribution in [2.45, 2.75) is 100 Å². The molecule has 2 bridgehead atoms. The van der Waals surface area contributed by atoms with Gasteiger partial charge in [-0.25, -0.2) is 0 Å². The molecule has 3 aliphatic heterocycles. The van der Waals surface area contributed by atoms with Crippen LogP contribution in [-0.2, 0) is 14.4 Å². The van der Waals surface area contributed by atoms with Crippen molar-refractivity contribution in [2.24, 2.45) is 23.2 Å². The molecule has 3 amide bonds. The second-order valence-electron chi connectivity index (χ2n) is 14.9. The molecule has 9 heteroatoms. The summed E-state index contributed by atoms with van der Waals surface area (Å²) in [6, 6.07) is 8.12. The van der Waals surface area contributed by atoms with Crippen LogP contribution in [0.5, 0.6) is 0 Å². The van der Waals surface area contributed by atoms with E-state index in [0.29, 0.717) is 19.5 Å². The number of fused-ring (bicyclic) bond motifs is 1. The molecule has 3 aliphatic rings. The Bertz CT molecular complexity index is 1280. The van der Waals surface area contributed by atoms with Crippen molar-refractivity contribution in [3.05, 3.63) is 55.6 Å². The molecule has 7 nitrogen and oxygen atoms in total. The van der Waals surface area contributed by atoms with E-state index in [9.17, 15) is 14.7 Å². The predicted molar refractivity (Wildman–Crippen MR) is 188 cm³/mol. The van der Waals surface area contributed by atoms with Crippen LogP contribution in [0.25, 0.3) is 0 Å². The van der Waals surface area contributed by atoms with Gasteiger partial charge in [0.2, 0.25) is 17.7 Å². The van der Waals surface area contributed by atoms with Crippen molar-refractivity contribution < 1.29 is 19.5 Å². The van der Waals surface area contributed by atoms with Crippen molar-refractivity contribution in [2.75, 3.05) is 24.6 Å². The normalized spacial score (nSPS) is 28.9. The van der Waals surface area contributed by atoms with Crippen LogP contribution in [0.4, 0.5) is 5.69 Å². The minimum Gasteiger partial charge on any atom is -0.394 e. The van der Waals surface area contributed by atoms with Crippen LogP contribution in [-0.4, -0.2) is 84.8 Å². The molecular formula is C36H52BrN3O4S. The van der Waals surface area contributed by atoms with E-state index in [1.807, 2.05) is 49.1 Å². The first-order valence-electron chi connectivity index (χ1n) is 16.2. The summed E-state index contributed by atoms with van der Waals surface area (Å²) >= 11 is 5.55. The first-order valence-corrected chi connectivity index (χ1v) is 18.0. The molecule has 0 aliphatic carbocycles. The second kappa shape index (κ2) is 13.6. The third-order valence-electron chi connectivity index (χ3n) is 10.0. The molecule has 0 radical (unpaired) electrons. The number of hydrogen-bond acceptors (Lipinski definition) is 5. The van der Waals surface area contributed by atoms with E-state index in [1.165, 1.54) is 0 Å². The highest BCUT2D eigenvalue weighted by Crippen LogP contribution is 2.68. The van der Waals surface area contributed by atoms with E-state index < -0.39 is 34.2 Å². The number of aliphatic hydroxyl groups is 1. The maximum Gasteiger partial charge on any atom is 0.247 e. The molecular weight excluding hydrogens is 650 g/mol. The number of halogens is 1. The molecule has 45 heavy (non-hydrogen) atoms. The number of anilines is 1. The van der Waals surface area contributed by atoms with Crippen molar-refractivity contribution >= 4 is 51.1 Å². The molecule has 0 aromatic heterocycles. The van der Waals surface area contributed by atoms with Gasteiger partial charge in [0.1, 0.15) is 6.04 Å². The maximum absolute atomic E-state index is 15.2. The molecule has 8 atom stereocenters. The first kappa shape index (κ1) is 35.7. The van der Waals surface area contributed by atoms with E-state index >= 15 is 4.79 Å². The lowest BCUT2D eigenvalue weighted by Crippen LogP contribution is -2.62. The van der Waals surface area contributed by atoms with Gasteiger partial charge in [-0.1, -0.05) is 87.3 Å². The zero-order chi connectivity index (χ0) is 33.5. The second-order valence-corrected chi connectivity index (χ2v) is 17.6. The van der Waals surface area contributed by atoms with Gasteiger partial charge < -0.3 is 19.8 Å². The number of nitrogens with zero attached hydrogens (tertiary/aromatic N) is 3. The fraction of sp³-hybridized carbons (Fsp3) is 0.639. The summed E-state index contributed by atoms with van der Waals surface area (Å²) in [5, 5.41) is 10.6. The topological polar surface area (TPSA) is 81.2 Å². The molecule has 4 rings (SSSR count). The number of amides is 3. The highest BCUT2D eigenvalue weighted by Gasteiger charge is 2.77. The first-order chi connectivity index (χ1) is 21.1. The number of hydrogen-bond donors (Lipinski definition) is 1. The molecule has 3 fully saturated rings. The fourth-order valence-electron chi connectivity index (χ4n) is 8.35. The van der Waals surface area contributed by atoms with Gasteiger partial charge in [0.05, 0.1) is 29.2 Å². The van der Waals surface area contributed by atoms with Crippen LogP contribution in [0.15, 0.2) is 55.6 Å². The van der Waals surface area contributed by atoms with Crippen molar-refractivity contribution in [1.29, 1.82) is 0 Å². The van der Waals surface area contributed by atoms with Crippen LogP contribution in [0.3, 0.4) is 0 Å². The molecule has 248 valence electrons. The standard InChI is InChI=1S/C36H52BrN3O4S/c1-10-18-38(24-16-14-13-15-17-24)31(42)27-28-32(43)40(26(21-41)23(4)12-3)30(36(28)20-25(37)29(27)45-36)33(44)39(19-11-2)35(8,9)22-34(5,6)7/h10-11,13-17,23,25-30,41H,1-2,12,18-22H2,3-9H3/t23-,25?,26-,27-,28-,29-,30?,36?/m0/s1. The molecule has 1 aromatic rings. The third kappa shape index (κ3) is 6.42. The van der Waals surface area contributed by atoms with Crippen LogP contribution >= 0.6 is 27.7 Å². The van der Waals surface area contributed by atoms with E-state index in [4.69, 9.17) is 0 Å². The van der Waals surface area contributed by atoms with Gasteiger partial charge in [-0.15, -0.1) is 24.9 Å². The lowest BCUT2D eigenvalue weighted by atomic mass is 9.70. The average Bonchev–Trinajstić information content (AvgIpc) is 3.56. The number of para-hydroxylation sites is 1. The molecule has 0 saturated carbocycles. The van der Waals surface area contributed by atoms with Crippen molar-refractivity contribution in [1.82, 2.24) is 9.80 Å². The molecule has 1 spiro atoms. The summed E-state index contributed by atoms with van der Waals surface area (Å²) < 4.78 is -0.817. The maximum atomic E-state index is 15.2. The van der Waals surface area contributed by atoms with Crippen LogP contribution in [0.1, 0.15) is 67.7 Å². The minimum absolute atomic E-state index is 0.0439. The molecule has 3 saturated heterocycles. The van der Waals surface area contributed by atoms with E-state index in [2.05, 4.69) is 63.7 Å². The number of thioether (sulfide) groups is 1. The lowest BCUT2D eigenvalue weighted by Gasteiger charge is -2.47. The summed E-state index contributed by atoms with van der Waals surface area (Å²) in [5.74, 6) is -1.82. The number of benzene rings is 1. The summed E-state index contributed by atoms with van der Waals surface area (Å²) in [5.41, 5.74) is 0.167. The number of carbonyl (C=O) groups excluding carboxylic acids is 3. The van der Waals surface area contributed by atoms with Gasteiger partial charge in [0.25, 0.3) is 0 Å². The monoisotopic (exact) mass is 701 g/mol. The number of rotatable bonds is 13. The Morgan fingerprint density at radius 1 is 1.13 bits per heavy atom. The summed E-state index contributed by atoms with van der Waals surface area (Å²) in [7, 11) is 0. The zero-order valence-electron chi connectivity index (χ0n) is 28.0. The van der Waals surface area contributed by atoms with E-state index in [0.717, 1.165) is 18.5 Å². The predicted octanol–water partition coefficient (Wildman–Crippen LogP) is 6.31. The van der Waals surface area contributed by atoms with Crippen LogP contribution in [0.2, 0.25) is 0 Å². The van der Waals surface area contributed by atoms with Crippen molar-refractivity contribution in [3.8, 4) is 0 Å². The Morgan fingerprint density at radius 2 is 1.76 bits per heavy atom. The number of likely N-dealkylation sites (tertiary alicyclic amines) is 1. The lowest BCUT2D eigenvalue weighted by molar-refractivity contribution is -0.150. The fourth-order valence-corrected chi connectivity index (χ4v) is 11.9. The third-order valence-corrected chi connectivity index (χ3v) is 13.2. The van der Waals surface area contributed by atoms with Gasteiger partial charge in [-0.2, -0.15) is 0 Å². The molecule has 1 N–H and O–H groups in total. The van der Waals surface area contributed by atoms with Gasteiger partial charge in [0, 0.05) is 34.4 Å². The van der Waals surface area contributed by atoms with E-state index in [-0.39, 0.29) is 45.7 Å². The van der Waals surface area contributed by atoms with Gasteiger partial charge in [-0.3, -0.25) is 14.4 Å². The van der Waals surface area contributed by atoms with Gasteiger partial charge in [0.15, 0.2) is 0 Å². The van der Waals surface area contributed by atoms with Gasteiger partial charge >= 0.3 is 0 Å². The highest BCUT2D eigenvalue weighted by molar-refractivity contribution is 9.09. The summed E-state index contributed by atoms with van der Waals surface area (Å²) in [6.45, 7) is 23.0. The Balaban J connectivity index is 1.88. The number of aliphatic hydroxyl groups excluding tert-OH is 1. The quantitative estimate of drug-likeness (QED) is 0.193. The van der Waals surface area contributed by atoms with Crippen LogP contribution < -0.4 is 4.90 Å². The minimum atomic E-state index is -0.822. The van der Waals surface area contributed by atoms with Crippen LogP contribution in [0, 0.1) is 23.2 Å². The number of alkyl halides is 1. The molecule has 3 heterocycles. The van der Waals surface area contributed by atoms with Gasteiger partial charge in [-0.05, 0) is 50.2 Å². The smallest absolute Gasteiger partial charge is 0.247 e. The Morgan fingerprint density at radius 3 is 2.29 bits per heavy atom. The largest absolute Gasteiger partial charge is 0.394 e. The van der Waals surface area contributed by atoms with E-state index in [1.54, 1.807) is 33.7 Å². The molecule has 3 unspecified atom stereocenters. The molecule has 1 aromatic carbocycles. The zero-order valence-corrected chi connectivity index (χ0v) is 30.4. The Kier molecular flexibility index (Phi) is 10.8. The van der Waals surface area contributed by atoms with Crippen molar-refractivity contribution in [3.63, 3.8) is 0 Å².